The Labute approximate surface area is 146 Å². The van der Waals surface area contributed by atoms with Crippen molar-refractivity contribution < 1.29 is 18.0 Å². The molecule has 2 rings (SSSR count). The number of aromatic nitrogens is 2. The zero-order valence-corrected chi connectivity index (χ0v) is 14.2. The zero-order valence-electron chi connectivity index (χ0n) is 12.7. The summed E-state index contributed by atoms with van der Waals surface area (Å²) in [5, 5.41) is 6.36. The molecule has 1 amide bonds. The summed E-state index contributed by atoms with van der Waals surface area (Å²) in [6.07, 6.45) is -3.38. The van der Waals surface area contributed by atoms with E-state index >= 15 is 0 Å². The first-order valence-corrected chi connectivity index (χ1v) is 7.68. The van der Waals surface area contributed by atoms with Gasteiger partial charge in [0.2, 0.25) is 0 Å². The van der Waals surface area contributed by atoms with Gasteiger partial charge >= 0.3 is 0 Å². The van der Waals surface area contributed by atoms with Crippen LogP contribution in [0.5, 0.6) is 0 Å². The molecule has 1 heterocycles. The van der Waals surface area contributed by atoms with Gasteiger partial charge in [-0.2, -0.15) is 5.10 Å². The van der Waals surface area contributed by atoms with Gasteiger partial charge in [-0.05, 0) is 19.1 Å². The number of alkyl halides is 3. The molecule has 130 valence electrons. The van der Waals surface area contributed by atoms with Crippen LogP contribution in [0.4, 0.5) is 13.2 Å². The minimum atomic E-state index is -2.91. The summed E-state index contributed by atoms with van der Waals surface area (Å²) in [5.41, 5.74) is -0.801. The van der Waals surface area contributed by atoms with E-state index in [1.807, 2.05) is 0 Å². The first-order valence-electron chi connectivity index (χ1n) is 6.92. The molecule has 0 aliphatic carbocycles. The topological polar surface area (TPSA) is 46.9 Å². The van der Waals surface area contributed by atoms with E-state index in [9.17, 15) is 18.0 Å². The van der Waals surface area contributed by atoms with Gasteiger partial charge < -0.3 is 5.32 Å². The molecule has 0 aliphatic heterocycles. The number of nitrogens with zero attached hydrogens (tertiary/aromatic N) is 2. The van der Waals surface area contributed by atoms with E-state index in [4.69, 9.17) is 23.2 Å². The number of carbonyl (C=O) groups excluding carboxylic acids is 1. The van der Waals surface area contributed by atoms with Crippen LogP contribution in [0.1, 0.15) is 41.1 Å². The number of nitrogens with one attached hydrogen (secondary N) is 1. The fourth-order valence-electron chi connectivity index (χ4n) is 2.19. The van der Waals surface area contributed by atoms with Gasteiger partial charge in [0.15, 0.2) is 0 Å². The second-order valence-corrected chi connectivity index (χ2v) is 6.08. The van der Waals surface area contributed by atoms with E-state index in [-0.39, 0.29) is 16.1 Å². The Morgan fingerprint density at radius 1 is 1.29 bits per heavy atom. The number of halogens is 5. The van der Waals surface area contributed by atoms with Crippen molar-refractivity contribution in [2.24, 2.45) is 7.05 Å². The van der Waals surface area contributed by atoms with Crippen LogP contribution in [-0.4, -0.2) is 21.7 Å². The average Bonchev–Trinajstić information content (AvgIpc) is 2.89. The molecule has 2 aromatic rings. The Kier molecular flexibility index (Phi) is 5.77. The molecule has 4 nitrogen and oxygen atoms in total. The van der Waals surface area contributed by atoms with Crippen LogP contribution in [0.3, 0.4) is 0 Å². The van der Waals surface area contributed by atoms with Crippen molar-refractivity contribution in [2.45, 2.75) is 25.6 Å². The lowest BCUT2D eigenvalue weighted by atomic mass is 10.0. The summed E-state index contributed by atoms with van der Waals surface area (Å²) in [6, 6.07) is 3.27. The maximum Gasteiger partial charge on any atom is 0.282 e. The summed E-state index contributed by atoms with van der Waals surface area (Å²) in [5.74, 6) is -0.835. The number of hydrogen-bond acceptors (Lipinski definition) is 2. The van der Waals surface area contributed by atoms with Crippen molar-refractivity contribution in [3.05, 3.63) is 51.3 Å². The Bertz CT molecular complexity index is 752. The molecular formula is C15H14Cl2F3N3O. The highest BCUT2D eigenvalue weighted by atomic mass is 35.5. The van der Waals surface area contributed by atoms with Crippen LogP contribution in [0.15, 0.2) is 24.4 Å². The lowest BCUT2D eigenvalue weighted by molar-refractivity contribution is 0.0901. The third-order valence-electron chi connectivity index (χ3n) is 3.37. The Balaban J connectivity index is 2.16. The molecule has 0 bridgehead atoms. The molecule has 24 heavy (non-hydrogen) atoms. The van der Waals surface area contributed by atoms with Gasteiger partial charge in [0.1, 0.15) is 11.9 Å². The van der Waals surface area contributed by atoms with Gasteiger partial charge in [0.25, 0.3) is 12.3 Å². The molecule has 1 aromatic carbocycles. The van der Waals surface area contributed by atoms with E-state index in [1.54, 1.807) is 0 Å². The van der Waals surface area contributed by atoms with Gasteiger partial charge in [0, 0.05) is 28.9 Å². The van der Waals surface area contributed by atoms with Crippen molar-refractivity contribution in [1.82, 2.24) is 15.1 Å². The van der Waals surface area contributed by atoms with Gasteiger partial charge in [-0.3, -0.25) is 9.48 Å². The van der Waals surface area contributed by atoms with Gasteiger partial charge in [-0.25, -0.2) is 13.2 Å². The molecule has 0 aliphatic rings. The van der Waals surface area contributed by atoms with Crippen LogP contribution in [0.2, 0.25) is 10.0 Å². The fraction of sp³-hybridized carbons (Fsp3) is 0.333. The number of carbonyl (C=O) groups is 1. The summed E-state index contributed by atoms with van der Waals surface area (Å²) < 4.78 is 41.4. The maximum atomic E-state index is 14.6. The Morgan fingerprint density at radius 2 is 1.96 bits per heavy atom. The quantitative estimate of drug-likeness (QED) is 0.831. The summed E-state index contributed by atoms with van der Waals surface area (Å²) in [6.45, 7) is 1.41. The van der Waals surface area contributed by atoms with E-state index in [1.165, 1.54) is 32.2 Å². The summed E-state index contributed by atoms with van der Waals surface area (Å²) >= 11 is 11.7. The molecule has 0 saturated carbocycles. The molecular weight excluding hydrogens is 366 g/mol. The van der Waals surface area contributed by atoms with Crippen molar-refractivity contribution in [3.63, 3.8) is 0 Å². The smallest absolute Gasteiger partial charge is 0.282 e. The molecule has 0 radical (unpaired) electrons. The average molecular weight is 380 g/mol. The molecule has 9 heteroatoms. The number of rotatable bonds is 5. The first kappa shape index (κ1) is 18.6. The number of aryl methyl sites for hydroxylation is 1. The fourth-order valence-corrected chi connectivity index (χ4v) is 2.71. The molecule has 2 atom stereocenters. The highest BCUT2D eigenvalue weighted by Gasteiger charge is 2.27. The van der Waals surface area contributed by atoms with Crippen molar-refractivity contribution in [1.29, 1.82) is 0 Å². The number of benzene rings is 1. The third-order valence-corrected chi connectivity index (χ3v) is 3.93. The van der Waals surface area contributed by atoms with Crippen LogP contribution in [0.25, 0.3) is 0 Å². The highest BCUT2D eigenvalue weighted by Crippen LogP contribution is 2.31. The van der Waals surface area contributed by atoms with E-state index < -0.39 is 30.2 Å². The predicted octanol–water partition coefficient (Wildman–Crippen LogP) is 4.49. The van der Waals surface area contributed by atoms with E-state index in [0.717, 1.165) is 10.9 Å². The number of amides is 1. The van der Waals surface area contributed by atoms with Crippen LogP contribution >= 0.6 is 23.2 Å². The second kappa shape index (κ2) is 7.44. The summed E-state index contributed by atoms with van der Waals surface area (Å²) in [7, 11) is 1.41. The standard InChI is InChI=1S/C15H14Cl2F3N3O/c1-7(12(18)9-4-3-8(16)5-11(9)17)21-15(24)10-6-23(2)22-13(10)14(19)20/h3-7,12,14H,1-2H3,(H,21,24). The lowest BCUT2D eigenvalue weighted by Gasteiger charge is -2.19. The largest absolute Gasteiger partial charge is 0.346 e. The minimum Gasteiger partial charge on any atom is -0.346 e. The van der Waals surface area contributed by atoms with Crippen molar-refractivity contribution in [2.75, 3.05) is 0 Å². The van der Waals surface area contributed by atoms with E-state index in [0.29, 0.717) is 5.02 Å². The van der Waals surface area contributed by atoms with Crippen molar-refractivity contribution in [3.8, 4) is 0 Å². The Hall–Kier alpha value is -1.73. The van der Waals surface area contributed by atoms with E-state index in [2.05, 4.69) is 10.4 Å². The molecule has 0 saturated heterocycles. The molecule has 2 unspecified atom stereocenters. The zero-order chi connectivity index (χ0) is 18.0. The predicted molar refractivity (Wildman–Crippen MR) is 85.4 cm³/mol. The van der Waals surface area contributed by atoms with Gasteiger partial charge in [-0.15, -0.1) is 0 Å². The van der Waals surface area contributed by atoms with Crippen LogP contribution < -0.4 is 5.32 Å². The molecule has 0 spiro atoms. The molecule has 0 fully saturated rings. The first-order chi connectivity index (χ1) is 11.2. The van der Waals surface area contributed by atoms with Gasteiger partial charge in [-0.1, -0.05) is 29.3 Å². The normalized spacial score (nSPS) is 13.8. The lowest BCUT2D eigenvalue weighted by Crippen LogP contribution is -2.36. The second-order valence-electron chi connectivity index (χ2n) is 5.23. The third kappa shape index (κ3) is 4.02. The van der Waals surface area contributed by atoms with Crippen LogP contribution in [-0.2, 0) is 7.05 Å². The van der Waals surface area contributed by atoms with Crippen molar-refractivity contribution >= 4 is 29.1 Å². The Morgan fingerprint density at radius 3 is 2.54 bits per heavy atom. The maximum absolute atomic E-state index is 14.6. The monoisotopic (exact) mass is 379 g/mol. The molecule has 1 aromatic heterocycles. The SMILES string of the molecule is CC(NC(=O)c1cn(C)nc1C(F)F)C(F)c1ccc(Cl)cc1Cl. The highest BCUT2D eigenvalue weighted by molar-refractivity contribution is 6.35. The number of hydrogen-bond donors (Lipinski definition) is 1. The van der Waals surface area contributed by atoms with Gasteiger partial charge in [0.05, 0.1) is 11.6 Å². The van der Waals surface area contributed by atoms with Crippen LogP contribution in [0, 0.1) is 0 Å². The minimum absolute atomic E-state index is 0.116. The summed E-state index contributed by atoms with van der Waals surface area (Å²) in [4.78, 5) is 12.1. The molecule has 1 N–H and O–H groups in total.